The minimum Gasteiger partial charge on any atom is -0.391 e. The van der Waals surface area contributed by atoms with E-state index in [2.05, 4.69) is 48.7 Å². The molecule has 1 aromatic carbocycles. The van der Waals surface area contributed by atoms with Crippen molar-refractivity contribution in [2.45, 2.75) is 32.4 Å². The molecule has 1 aliphatic heterocycles. The molecule has 3 nitrogen and oxygen atoms in total. The predicted octanol–water partition coefficient (Wildman–Crippen LogP) is 1.90. The van der Waals surface area contributed by atoms with Gasteiger partial charge in [-0.05, 0) is 17.0 Å². The average molecular weight is 285 g/mol. The van der Waals surface area contributed by atoms with Crippen molar-refractivity contribution in [3.63, 3.8) is 0 Å². The van der Waals surface area contributed by atoms with Crippen molar-refractivity contribution in [3.8, 4) is 0 Å². The fraction of sp³-hybridized carbons (Fsp3) is 0.600. The Labute approximate surface area is 122 Å². The molecule has 0 spiro atoms. The van der Waals surface area contributed by atoms with Gasteiger partial charge in [-0.15, -0.1) is 12.4 Å². The van der Waals surface area contributed by atoms with Crippen LogP contribution in [0.4, 0.5) is 0 Å². The average Bonchev–Trinajstić information content (AvgIpc) is 2.76. The summed E-state index contributed by atoms with van der Waals surface area (Å²) >= 11 is 0. The lowest BCUT2D eigenvalue weighted by atomic mass is 10.0. The molecule has 0 saturated carbocycles. The lowest BCUT2D eigenvalue weighted by Gasteiger charge is -2.14. The van der Waals surface area contributed by atoms with Crippen molar-refractivity contribution in [1.82, 2.24) is 10.6 Å². The third-order valence-electron chi connectivity index (χ3n) is 3.69. The predicted molar refractivity (Wildman–Crippen MR) is 81.9 cm³/mol. The molecule has 2 atom stereocenters. The van der Waals surface area contributed by atoms with Crippen molar-refractivity contribution in [2.24, 2.45) is 5.92 Å². The van der Waals surface area contributed by atoms with Gasteiger partial charge in [0.05, 0.1) is 6.10 Å². The van der Waals surface area contributed by atoms with Gasteiger partial charge >= 0.3 is 0 Å². The molecule has 0 radical (unpaired) electrons. The molecule has 1 aliphatic rings. The van der Waals surface area contributed by atoms with Gasteiger partial charge in [-0.1, -0.05) is 38.1 Å². The summed E-state index contributed by atoms with van der Waals surface area (Å²) in [6.45, 7) is 7.82. The van der Waals surface area contributed by atoms with Crippen molar-refractivity contribution >= 4 is 12.4 Å². The minimum atomic E-state index is -0.194. The Hall–Kier alpha value is -0.610. The van der Waals surface area contributed by atoms with Crippen LogP contribution in [-0.4, -0.2) is 30.8 Å². The Morgan fingerprint density at radius 2 is 1.95 bits per heavy atom. The molecule has 108 valence electrons. The summed E-state index contributed by atoms with van der Waals surface area (Å²) in [7, 11) is 0. The molecule has 3 N–H and O–H groups in total. The van der Waals surface area contributed by atoms with Gasteiger partial charge in [-0.3, -0.25) is 0 Å². The van der Waals surface area contributed by atoms with Crippen molar-refractivity contribution in [3.05, 3.63) is 35.4 Å². The van der Waals surface area contributed by atoms with Crippen molar-refractivity contribution < 1.29 is 5.11 Å². The Morgan fingerprint density at radius 3 is 2.47 bits per heavy atom. The SMILES string of the molecule is CC(C)c1ccc(CNCC2CNCC2O)cc1.Cl. The molecule has 1 aromatic rings. The van der Waals surface area contributed by atoms with Crippen LogP contribution in [-0.2, 0) is 6.54 Å². The van der Waals surface area contributed by atoms with E-state index in [1.165, 1.54) is 11.1 Å². The van der Waals surface area contributed by atoms with Crippen molar-refractivity contribution in [2.75, 3.05) is 19.6 Å². The number of aliphatic hydroxyl groups is 1. The third-order valence-corrected chi connectivity index (χ3v) is 3.69. The van der Waals surface area contributed by atoms with E-state index < -0.39 is 0 Å². The molecule has 0 aromatic heterocycles. The van der Waals surface area contributed by atoms with Gasteiger partial charge in [0, 0.05) is 32.1 Å². The molecule has 0 bridgehead atoms. The van der Waals surface area contributed by atoms with Gasteiger partial charge in [-0.25, -0.2) is 0 Å². The number of nitrogens with one attached hydrogen (secondary N) is 2. The molecular formula is C15H25ClN2O. The molecule has 0 aliphatic carbocycles. The molecule has 19 heavy (non-hydrogen) atoms. The number of rotatable bonds is 5. The van der Waals surface area contributed by atoms with E-state index in [0.717, 1.165) is 26.2 Å². The summed E-state index contributed by atoms with van der Waals surface area (Å²) in [5.74, 6) is 0.937. The second-order valence-electron chi connectivity index (χ2n) is 5.51. The number of aliphatic hydroxyl groups excluding tert-OH is 1. The van der Waals surface area contributed by atoms with Gasteiger partial charge in [0.25, 0.3) is 0 Å². The van der Waals surface area contributed by atoms with Crippen LogP contribution in [0.25, 0.3) is 0 Å². The van der Waals surface area contributed by atoms with Crippen LogP contribution >= 0.6 is 12.4 Å². The van der Waals surface area contributed by atoms with Crippen LogP contribution < -0.4 is 10.6 Å². The molecular weight excluding hydrogens is 260 g/mol. The molecule has 2 unspecified atom stereocenters. The smallest absolute Gasteiger partial charge is 0.0716 e. The summed E-state index contributed by atoms with van der Waals surface area (Å²) in [4.78, 5) is 0. The number of hydrogen-bond donors (Lipinski definition) is 3. The van der Waals surface area contributed by atoms with E-state index in [4.69, 9.17) is 0 Å². The van der Waals surface area contributed by atoms with Crippen LogP contribution in [0, 0.1) is 5.92 Å². The van der Waals surface area contributed by atoms with E-state index in [-0.39, 0.29) is 18.5 Å². The summed E-state index contributed by atoms with van der Waals surface area (Å²) in [6, 6.07) is 8.78. The first-order valence-electron chi connectivity index (χ1n) is 6.85. The first-order valence-corrected chi connectivity index (χ1v) is 6.85. The van der Waals surface area contributed by atoms with Gasteiger partial charge in [-0.2, -0.15) is 0 Å². The number of hydrogen-bond acceptors (Lipinski definition) is 3. The Kier molecular flexibility index (Phi) is 6.80. The van der Waals surface area contributed by atoms with E-state index in [1.807, 2.05) is 0 Å². The Balaban J connectivity index is 0.00000180. The van der Waals surface area contributed by atoms with E-state index in [9.17, 15) is 5.11 Å². The van der Waals surface area contributed by atoms with Crippen LogP contribution in [0.2, 0.25) is 0 Å². The minimum absolute atomic E-state index is 0. The maximum Gasteiger partial charge on any atom is 0.0716 e. The summed E-state index contributed by atoms with van der Waals surface area (Å²) in [6.07, 6.45) is -0.194. The van der Waals surface area contributed by atoms with Gasteiger partial charge in [0.1, 0.15) is 0 Å². The van der Waals surface area contributed by atoms with Gasteiger partial charge < -0.3 is 15.7 Å². The van der Waals surface area contributed by atoms with Gasteiger partial charge in [0.2, 0.25) is 0 Å². The summed E-state index contributed by atoms with van der Waals surface area (Å²) in [5.41, 5.74) is 2.69. The topological polar surface area (TPSA) is 44.3 Å². The Morgan fingerprint density at radius 1 is 1.26 bits per heavy atom. The zero-order valence-corrected chi connectivity index (χ0v) is 12.5. The first kappa shape index (κ1) is 16.4. The monoisotopic (exact) mass is 284 g/mol. The second kappa shape index (κ2) is 7.85. The molecule has 1 fully saturated rings. The van der Waals surface area contributed by atoms with Crippen LogP contribution in [0.5, 0.6) is 0 Å². The number of halogens is 1. The highest BCUT2D eigenvalue weighted by Crippen LogP contribution is 2.14. The number of benzene rings is 1. The zero-order valence-electron chi connectivity index (χ0n) is 11.7. The Bertz CT molecular complexity index is 367. The molecule has 4 heteroatoms. The zero-order chi connectivity index (χ0) is 13.0. The van der Waals surface area contributed by atoms with E-state index in [0.29, 0.717) is 11.8 Å². The van der Waals surface area contributed by atoms with Crippen molar-refractivity contribution in [1.29, 1.82) is 0 Å². The van der Waals surface area contributed by atoms with Gasteiger partial charge in [0.15, 0.2) is 0 Å². The summed E-state index contributed by atoms with van der Waals surface area (Å²) in [5, 5.41) is 16.3. The molecule has 0 amide bonds. The fourth-order valence-electron chi connectivity index (χ4n) is 2.35. The molecule has 2 rings (SSSR count). The standard InChI is InChI=1S/C15H24N2O.ClH/c1-11(2)13-5-3-12(4-6-13)7-16-8-14-9-17-10-15(14)18;/h3-6,11,14-18H,7-10H2,1-2H3;1H. The van der Waals surface area contributed by atoms with Crippen LogP contribution in [0.1, 0.15) is 30.9 Å². The highest BCUT2D eigenvalue weighted by molar-refractivity contribution is 5.85. The fourth-order valence-corrected chi connectivity index (χ4v) is 2.35. The third kappa shape index (κ3) is 4.77. The summed E-state index contributed by atoms with van der Waals surface area (Å²) < 4.78 is 0. The second-order valence-corrected chi connectivity index (χ2v) is 5.51. The highest BCUT2D eigenvalue weighted by atomic mass is 35.5. The molecule has 1 saturated heterocycles. The van der Waals surface area contributed by atoms with E-state index in [1.54, 1.807) is 0 Å². The first-order chi connectivity index (χ1) is 8.66. The largest absolute Gasteiger partial charge is 0.391 e. The van der Waals surface area contributed by atoms with Crippen LogP contribution in [0.15, 0.2) is 24.3 Å². The maximum absolute atomic E-state index is 9.68. The lowest BCUT2D eigenvalue weighted by molar-refractivity contribution is 0.146. The van der Waals surface area contributed by atoms with Crippen LogP contribution in [0.3, 0.4) is 0 Å². The normalized spacial score (nSPS) is 22.5. The number of β-amino-alcohol motifs (C(OH)–C–C–N with tert-alkyl or cyclic N) is 1. The van der Waals surface area contributed by atoms with E-state index >= 15 is 0 Å². The lowest BCUT2D eigenvalue weighted by Crippen LogP contribution is -2.30. The highest BCUT2D eigenvalue weighted by Gasteiger charge is 2.23. The quantitative estimate of drug-likeness (QED) is 0.774. The maximum atomic E-state index is 9.68. The molecule has 1 heterocycles.